The van der Waals surface area contributed by atoms with E-state index in [1.165, 1.54) is 27.8 Å². The van der Waals surface area contributed by atoms with E-state index < -0.39 is 28.4 Å². The van der Waals surface area contributed by atoms with Crippen molar-refractivity contribution in [3.63, 3.8) is 0 Å². The second-order valence-electron chi connectivity index (χ2n) is 6.11. The monoisotopic (exact) mass is 426 g/mol. The van der Waals surface area contributed by atoms with Gasteiger partial charge in [-0.25, -0.2) is 13.4 Å². The van der Waals surface area contributed by atoms with Crippen LogP contribution in [0.3, 0.4) is 0 Å². The number of aliphatic carboxylic acids is 1. The molecule has 0 aliphatic carbocycles. The number of rotatable bonds is 6. The van der Waals surface area contributed by atoms with E-state index in [2.05, 4.69) is 20.5 Å². The highest BCUT2D eigenvalue weighted by atomic mass is 32.2. The zero-order valence-corrected chi connectivity index (χ0v) is 16.2. The van der Waals surface area contributed by atoms with Crippen molar-refractivity contribution in [1.82, 2.24) is 24.8 Å². The predicted molar refractivity (Wildman–Crippen MR) is 99.3 cm³/mol. The second-order valence-corrected chi connectivity index (χ2v) is 9.09. The predicted octanol–water partition coefficient (Wildman–Crippen LogP) is -0.102. The topological polar surface area (TPSA) is 168 Å². The Bertz CT molecular complexity index is 967. The number of anilines is 1. The highest BCUT2D eigenvalue weighted by molar-refractivity contribution is 7.89. The molecule has 1 amide bonds. The molecule has 11 nitrogen and oxygen atoms in total. The van der Waals surface area contributed by atoms with Crippen LogP contribution < -0.4 is 11.1 Å². The molecule has 13 heteroatoms. The molecular formula is C15H18N6O5S2. The van der Waals surface area contributed by atoms with Crippen LogP contribution in [0.1, 0.15) is 34.3 Å². The normalized spacial score (nSPS) is 16.0. The largest absolute Gasteiger partial charge is 0.480 e. The molecule has 1 aliphatic heterocycles. The minimum absolute atomic E-state index is 0.0269. The summed E-state index contributed by atoms with van der Waals surface area (Å²) >= 11 is 1.31. The zero-order chi connectivity index (χ0) is 20.3. The first-order valence-corrected chi connectivity index (χ1v) is 10.6. The first-order chi connectivity index (χ1) is 13.3. The standard InChI is InChI=1S/C15H18N6O5S2/c16-15-20-19-14(27-15)9-3-5-21(6-4-9)28(25,26)10-1-2-11(17-7-10)13(24)18-8-12(22)23/h1-2,7,9H,3-6,8H2,(H2,16,20)(H,18,24)(H,22,23). The Balaban J connectivity index is 1.64. The molecule has 0 radical (unpaired) electrons. The third kappa shape index (κ3) is 4.43. The Hall–Kier alpha value is -2.64. The second kappa shape index (κ2) is 8.16. The molecule has 0 saturated carbocycles. The van der Waals surface area contributed by atoms with Gasteiger partial charge in [-0.2, -0.15) is 4.31 Å². The van der Waals surface area contributed by atoms with Gasteiger partial charge < -0.3 is 16.2 Å². The Morgan fingerprint density at radius 1 is 1.29 bits per heavy atom. The van der Waals surface area contributed by atoms with E-state index in [0.717, 1.165) is 11.2 Å². The van der Waals surface area contributed by atoms with Gasteiger partial charge in [-0.3, -0.25) is 9.59 Å². The number of nitrogens with zero attached hydrogens (tertiary/aromatic N) is 4. The lowest BCUT2D eigenvalue weighted by Crippen LogP contribution is -2.38. The fraction of sp³-hybridized carbons (Fsp3) is 0.400. The minimum Gasteiger partial charge on any atom is -0.480 e. The van der Waals surface area contributed by atoms with Gasteiger partial charge in [0.2, 0.25) is 15.2 Å². The molecule has 150 valence electrons. The van der Waals surface area contributed by atoms with Crippen LogP contribution in [-0.2, 0) is 14.8 Å². The van der Waals surface area contributed by atoms with Crippen LogP contribution >= 0.6 is 11.3 Å². The van der Waals surface area contributed by atoms with Crippen LogP contribution in [0, 0.1) is 0 Å². The lowest BCUT2D eigenvalue weighted by molar-refractivity contribution is -0.135. The van der Waals surface area contributed by atoms with Gasteiger partial charge in [-0.15, -0.1) is 10.2 Å². The fourth-order valence-corrected chi connectivity index (χ4v) is 5.01. The molecule has 0 bridgehead atoms. The molecule has 0 unspecified atom stereocenters. The molecule has 0 atom stereocenters. The van der Waals surface area contributed by atoms with Crippen molar-refractivity contribution < 1.29 is 23.1 Å². The summed E-state index contributed by atoms with van der Waals surface area (Å²) in [5.74, 6) is -1.75. The summed E-state index contributed by atoms with van der Waals surface area (Å²) in [5, 5.41) is 19.8. The number of pyridine rings is 1. The lowest BCUT2D eigenvalue weighted by atomic mass is 9.99. The van der Waals surface area contributed by atoms with Crippen molar-refractivity contribution in [2.24, 2.45) is 0 Å². The Morgan fingerprint density at radius 2 is 2.00 bits per heavy atom. The summed E-state index contributed by atoms with van der Waals surface area (Å²) in [6.07, 6.45) is 2.32. The van der Waals surface area contributed by atoms with Gasteiger partial charge in [-0.1, -0.05) is 11.3 Å². The summed E-state index contributed by atoms with van der Waals surface area (Å²) in [7, 11) is -3.74. The molecule has 0 spiro atoms. The first-order valence-electron chi connectivity index (χ1n) is 8.32. The number of amides is 1. The van der Waals surface area contributed by atoms with Crippen molar-refractivity contribution in [2.75, 3.05) is 25.4 Å². The Kier molecular flexibility index (Phi) is 5.86. The molecular weight excluding hydrogens is 408 g/mol. The van der Waals surface area contributed by atoms with Gasteiger partial charge in [0.15, 0.2) is 0 Å². The number of carboxylic acids is 1. The van der Waals surface area contributed by atoms with Gasteiger partial charge in [0, 0.05) is 25.2 Å². The number of nitrogens with two attached hydrogens (primary N) is 1. The SMILES string of the molecule is Nc1nnc(C2CCN(S(=O)(=O)c3ccc(C(=O)NCC(=O)O)nc3)CC2)s1. The van der Waals surface area contributed by atoms with Crippen molar-refractivity contribution in [3.05, 3.63) is 29.0 Å². The van der Waals surface area contributed by atoms with Gasteiger partial charge >= 0.3 is 5.97 Å². The molecule has 1 saturated heterocycles. The van der Waals surface area contributed by atoms with E-state index in [9.17, 15) is 18.0 Å². The summed E-state index contributed by atoms with van der Waals surface area (Å²) in [6, 6.07) is 2.54. The van der Waals surface area contributed by atoms with E-state index in [1.807, 2.05) is 0 Å². The summed E-state index contributed by atoms with van der Waals surface area (Å²) in [4.78, 5) is 26.1. The zero-order valence-electron chi connectivity index (χ0n) is 14.6. The Morgan fingerprint density at radius 3 is 2.54 bits per heavy atom. The highest BCUT2D eigenvalue weighted by Crippen LogP contribution is 2.32. The van der Waals surface area contributed by atoms with Crippen molar-refractivity contribution in [2.45, 2.75) is 23.7 Å². The number of carbonyl (C=O) groups is 2. The first kappa shape index (κ1) is 20.1. The lowest BCUT2D eigenvalue weighted by Gasteiger charge is -2.30. The molecule has 2 aromatic rings. The molecule has 1 aliphatic rings. The molecule has 2 aromatic heterocycles. The van der Waals surface area contributed by atoms with Crippen molar-refractivity contribution >= 4 is 38.4 Å². The Labute approximate surface area is 164 Å². The van der Waals surface area contributed by atoms with E-state index >= 15 is 0 Å². The average molecular weight is 426 g/mol. The van der Waals surface area contributed by atoms with E-state index in [1.54, 1.807) is 0 Å². The summed E-state index contributed by atoms with van der Waals surface area (Å²) in [5.41, 5.74) is 5.54. The summed E-state index contributed by atoms with van der Waals surface area (Å²) in [6.45, 7) is 0.108. The number of carboxylic acid groups (broad SMARTS) is 1. The highest BCUT2D eigenvalue weighted by Gasteiger charge is 2.31. The number of piperidine rings is 1. The molecule has 0 aromatic carbocycles. The minimum atomic E-state index is -3.74. The van der Waals surface area contributed by atoms with Crippen LogP contribution in [-0.4, -0.2) is 64.5 Å². The van der Waals surface area contributed by atoms with Crippen LogP contribution in [0.15, 0.2) is 23.2 Å². The third-order valence-corrected chi connectivity index (χ3v) is 7.06. The molecule has 28 heavy (non-hydrogen) atoms. The number of hydrogen-bond donors (Lipinski definition) is 3. The number of carbonyl (C=O) groups excluding carboxylic acids is 1. The number of hydrogen-bond acceptors (Lipinski definition) is 9. The maximum atomic E-state index is 12.8. The number of nitrogen functional groups attached to an aromatic ring is 1. The van der Waals surface area contributed by atoms with Crippen LogP contribution in [0.5, 0.6) is 0 Å². The smallest absolute Gasteiger partial charge is 0.322 e. The van der Waals surface area contributed by atoms with Crippen LogP contribution in [0.4, 0.5) is 5.13 Å². The summed E-state index contributed by atoms with van der Waals surface area (Å²) < 4.78 is 27.0. The quantitative estimate of drug-likeness (QED) is 0.571. The number of nitrogens with one attached hydrogen (secondary N) is 1. The third-order valence-electron chi connectivity index (χ3n) is 4.27. The van der Waals surface area contributed by atoms with Crippen LogP contribution in [0.2, 0.25) is 0 Å². The number of aromatic nitrogens is 3. The molecule has 4 N–H and O–H groups in total. The van der Waals surface area contributed by atoms with Crippen molar-refractivity contribution in [1.29, 1.82) is 0 Å². The van der Waals surface area contributed by atoms with Crippen LogP contribution in [0.25, 0.3) is 0 Å². The molecule has 3 rings (SSSR count). The van der Waals surface area contributed by atoms with Gasteiger partial charge in [0.05, 0.1) is 0 Å². The van der Waals surface area contributed by atoms with E-state index in [4.69, 9.17) is 10.8 Å². The average Bonchev–Trinajstić information content (AvgIpc) is 3.12. The molecule has 3 heterocycles. The van der Waals surface area contributed by atoms with Gasteiger partial charge in [0.1, 0.15) is 22.1 Å². The van der Waals surface area contributed by atoms with Crippen molar-refractivity contribution in [3.8, 4) is 0 Å². The molecule has 1 fully saturated rings. The maximum absolute atomic E-state index is 12.8. The van der Waals surface area contributed by atoms with Gasteiger partial charge in [-0.05, 0) is 25.0 Å². The van der Waals surface area contributed by atoms with Gasteiger partial charge in [0.25, 0.3) is 5.91 Å². The van der Waals surface area contributed by atoms with E-state index in [-0.39, 0.29) is 16.5 Å². The number of sulfonamides is 1. The fourth-order valence-electron chi connectivity index (χ4n) is 2.82. The van der Waals surface area contributed by atoms with E-state index in [0.29, 0.717) is 31.1 Å². The maximum Gasteiger partial charge on any atom is 0.322 e.